The molecule has 0 spiro atoms. The molecule has 0 amide bonds. The largest absolute Gasteiger partial charge is 0.487 e. The van der Waals surface area contributed by atoms with Gasteiger partial charge in [0.05, 0.1) is 16.7 Å². The van der Waals surface area contributed by atoms with Crippen LogP contribution < -0.4 is 21.9 Å². The van der Waals surface area contributed by atoms with Crippen molar-refractivity contribution in [3.05, 3.63) is 22.3 Å². The van der Waals surface area contributed by atoms with Crippen molar-refractivity contribution in [2.45, 2.75) is 75.7 Å². The molecule has 1 aliphatic heterocycles. The number of ether oxygens (including phenoxy) is 1. The molecule has 1 aromatic carbocycles. The van der Waals surface area contributed by atoms with Crippen molar-refractivity contribution in [3.63, 3.8) is 0 Å². The summed E-state index contributed by atoms with van der Waals surface area (Å²) >= 11 is 0. The Morgan fingerprint density at radius 3 is 2.33 bits per heavy atom. The van der Waals surface area contributed by atoms with Gasteiger partial charge in [0, 0.05) is 0 Å². The second kappa shape index (κ2) is 8.43. The zero-order valence-electron chi connectivity index (χ0n) is 18.2. The third-order valence-corrected chi connectivity index (χ3v) is 8.10. The van der Waals surface area contributed by atoms with E-state index in [4.69, 9.17) is 21.9 Å². The molecule has 0 saturated heterocycles. The first-order chi connectivity index (χ1) is 13.7. The molecular formula is C20H32N4O5S. The van der Waals surface area contributed by atoms with E-state index in [2.05, 4.69) is 4.99 Å². The molecule has 30 heavy (non-hydrogen) atoms. The summed E-state index contributed by atoms with van der Waals surface area (Å²) in [4.78, 5) is 15.3. The minimum absolute atomic E-state index is 0.176. The van der Waals surface area contributed by atoms with Crippen LogP contribution in [-0.4, -0.2) is 48.9 Å². The number of hydrogen-bond acceptors (Lipinski definition) is 6. The Morgan fingerprint density at radius 1 is 1.20 bits per heavy atom. The molecule has 0 saturated carbocycles. The Morgan fingerprint density at radius 2 is 1.80 bits per heavy atom. The number of carboxylic acid groups (broad SMARTS) is 1. The van der Waals surface area contributed by atoms with Crippen LogP contribution in [0.3, 0.4) is 0 Å². The molecule has 1 aliphatic rings. The summed E-state index contributed by atoms with van der Waals surface area (Å²) in [5.74, 6) is -0.835. The number of aliphatic imine (C=N–C) groups is 1. The van der Waals surface area contributed by atoms with E-state index in [9.17, 15) is 18.3 Å². The van der Waals surface area contributed by atoms with Crippen LogP contribution in [-0.2, 0) is 21.1 Å². The van der Waals surface area contributed by atoms with E-state index >= 15 is 0 Å². The van der Waals surface area contributed by atoms with Gasteiger partial charge in [-0.05, 0) is 76.1 Å². The van der Waals surface area contributed by atoms with Crippen LogP contribution in [0.4, 0.5) is 0 Å². The molecule has 1 aromatic rings. The van der Waals surface area contributed by atoms with Crippen molar-refractivity contribution in [1.29, 1.82) is 0 Å². The van der Waals surface area contributed by atoms with Crippen molar-refractivity contribution >= 4 is 21.8 Å². The fourth-order valence-electron chi connectivity index (χ4n) is 3.83. The molecule has 0 aromatic heterocycles. The molecule has 7 N–H and O–H groups in total. The fourth-order valence-corrected chi connectivity index (χ4v) is 6.03. The van der Waals surface area contributed by atoms with E-state index in [1.54, 1.807) is 13.8 Å². The van der Waals surface area contributed by atoms with Gasteiger partial charge in [0.2, 0.25) is 0 Å². The summed E-state index contributed by atoms with van der Waals surface area (Å²) < 4.78 is 33.5. The second-order valence-corrected chi connectivity index (χ2v) is 10.7. The first kappa shape index (κ1) is 23.9. The third-order valence-electron chi connectivity index (χ3n) is 5.70. The monoisotopic (exact) mass is 440 g/mol. The summed E-state index contributed by atoms with van der Waals surface area (Å²) in [6, 6.07) is -1.36. The van der Waals surface area contributed by atoms with Gasteiger partial charge in [-0.2, -0.15) is 0 Å². The van der Waals surface area contributed by atoms with E-state index in [1.165, 1.54) is 0 Å². The number of carbonyl (C=O) groups is 1. The highest BCUT2D eigenvalue weighted by atomic mass is 32.2. The quantitative estimate of drug-likeness (QED) is 0.358. The predicted octanol–water partition coefficient (Wildman–Crippen LogP) is 0.933. The van der Waals surface area contributed by atoms with E-state index in [0.29, 0.717) is 17.5 Å². The fraction of sp³-hybridized carbons (Fsp3) is 0.600. The summed E-state index contributed by atoms with van der Waals surface area (Å²) in [5.41, 5.74) is 18.9. The lowest BCUT2D eigenvalue weighted by atomic mass is 9.88. The smallest absolute Gasteiger partial charge is 0.320 e. The normalized spacial score (nSPS) is 17.4. The number of nitrogens with two attached hydrogens (primary N) is 3. The summed E-state index contributed by atoms with van der Waals surface area (Å²) in [5, 5.41) is 8.00. The van der Waals surface area contributed by atoms with Gasteiger partial charge in [0.1, 0.15) is 17.4 Å². The first-order valence-electron chi connectivity index (χ1n) is 9.78. The maximum Gasteiger partial charge on any atom is 0.320 e. The Kier molecular flexibility index (Phi) is 6.72. The van der Waals surface area contributed by atoms with Crippen LogP contribution >= 0.6 is 0 Å². The minimum Gasteiger partial charge on any atom is -0.487 e. The first-order valence-corrected chi connectivity index (χ1v) is 11.3. The highest BCUT2D eigenvalue weighted by molar-refractivity contribution is 7.92. The van der Waals surface area contributed by atoms with Gasteiger partial charge < -0.3 is 27.0 Å². The van der Waals surface area contributed by atoms with Crippen molar-refractivity contribution in [2.24, 2.45) is 22.2 Å². The summed E-state index contributed by atoms with van der Waals surface area (Å²) in [7, 11) is -3.99. The van der Waals surface area contributed by atoms with Crippen LogP contribution in [0.2, 0.25) is 0 Å². The third kappa shape index (κ3) is 4.70. The van der Waals surface area contributed by atoms with Gasteiger partial charge >= 0.3 is 5.97 Å². The van der Waals surface area contributed by atoms with Crippen LogP contribution in [0.25, 0.3) is 0 Å². The van der Waals surface area contributed by atoms with Gasteiger partial charge in [0.25, 0.3) is 0 Å². The molecule has 9 nitrogen and oxygen atoms in total. The maximum atomic E-state index is 13.7. The average molecular weight is 441 g/mol. The minimum atomic E-state index is -3.99. The van der Waals surface area contributed by atoms with E-state index in [1.807, 2.05) is 20.8 Å². The van der Waals surface area contributed by atoms with Crippen LogP contribution in [0.5, 0.6) is 5.75 Å². The molecule has 168 valence electrons. The topological polar surface area (TPSA) is 171 Å². The second-order valence-electron chi connectivity index (χ2n) is 8.49. The zero-order chi connectivity index (χ0) is 23.0. The molecule has 1 unspecified atom stereocenters. The molecule has 1 heterocycles. The number of nitrogens with zero attached hydrogens (tertiary/aromatic N) is 1. The van der Waals surface area contributed by atoms with Gasteiger partial charge in [-0.3, -0.25) is 9.79 Å². The molecule has 0 aliphatic carbocycles. The molecular weight excluding hydrogens is 408 g/mol. The van der Waals surface area contributed by atoms with Crippen LogP contribution in [0, 0.1) is 20.8 Å². The molecule has 2 rings (SSSR count). The number of benzene rings is 1. The number of sulfone groups is 1. The molecule has 0 radical (unpaired) electrons. The van der Waals surface area contributed by atoms with Crippen molar-refractivity contribution in [1.82, 2.24) is 0 Å². The average Bonchev–Trinajstić information content (AvgIpc) is 2.61. The van der Waals surface area contributed by atoms with Crippen molar-refractivity contribution < 1.29 is 23.1 Å². The summed E-state index contributed by atoms with van der Waals surface area (Å²) in [6.45, 7) is 9.06. The van der Waals surface area contributed by atoms with Gasteiger partial charge in [-0.15, -0.1) is 0 Å². The van der Waals surface area contributed by atoms with Crippen molar-refractivity contribution in [2.75, 3.05) is 6.54 Å². The summed E-state index contributed by atoms with van der Waals surface area (Å²) in [6.07, 6.45) is 1.13. The molecule has 0 fully saturated rings. The maximum absolute atomic E-state index is 13.7. The number of aliphatic carboxylic acids is 1. The number of guanidine groups is 1. The molecule has 2 atom stereocenters. The highest BCUT2D eigenvalue weighted by Crippen LogP contribution is 2.43. The van der Waals surface area contributed by atoms with Gasteiger partial charge in [-0.1, -0.05) is 0 Å². The Hall–Kier alpha value is -2.33. The van der Waals surface area contributed by atoms with E-state index < -0.39 is 27.1 Å². The molecule has 10 heteroatoms. The number of fused-ring (bicyclic) bond motifs is 1. The lowest BCUT2D eigenvalue weighted by Crippen LogP contribution is -2.39. The SMILES string of the molecule is Cc1c(C)c(S(=O)(=O)C(CN=C(N)N)C[C@H](N)C(=O)O)c(C)c2c1OC(C)(C)CC2. The Balaban J connectivity index is 2.65. The van der Waals surface area contributed by atoms with Crippen molar-refractivity contribution in [3.8, 4) is 5.75 Å². The van der Waals surface area contributed by atoms with E-state index in [0.717, 1.165) is 23.3 Å². The lowest BCUT2D eigenvalue weighted by Gasteiger charge is -2.36. The highest BCUT2D eigenvalue weighted by Gasteiger charge is 2.37. The van der Waals surface area contributed by atoms with Gasteiger partial charge in [-0.25, -0.2) is 8.42 Å². The predicted molar refractivity (Wildman–Crippen MR) is 116 cm³/mol. The standard InChI is InChI=1S/C20H32N4O5S/c1-10-11(2)17(12(3)14-6-7-20(4,5)29-16(10)14)30(27,28)13(9-24-19(22)23)8-15(21)18(25)26/h13,15H,6-9,21H2,1-5H3,(H,25,26)(H4,22,23,24)/t13?,15-/m0/s1. The van der Waals surface area contributed by atoms with Crippen LogP contribution in [0.1, 0.15) is 48.9 Å². The lowest BCUT2D eigenvalue weighted by molar-refractivity contribution is -0.138. The number of hydrogen-bond donors (Lipinski definition) is 4. The van der Waals surface area contributed by atoms with E-state index in [-0.39, 0.29) is 29.4 Å². The zero-order valence-corrected chi connectivity index (χ0v) is 19.0. The Bertz CT molecular complexity index is 982. The van der Waals surface area contributed by atoms with Crippen LogP contribution in [0.15, 0.2) is 9.89 Å². The molecule has 0 bridgehead atoms. The number of carboxylic acids is 1. The van der Waals surface area contributed by atoms with Gasteiger partial charge in [0.15, 0.2) is 15.8 Å². The Labute approximate surface area is 177 Å². The number of rotatable bonds is 7.